The van der Waals surface area contributed by atoms with Gasteiger partial charge in [-0.2, -0.15) is 4.31 Å². The molecule has 1 aliphatic heterocycles. The largest absolute Gasteiger partial charge is 0.493 e. The van der Waals surface area contributed by atoms with Crippen LogP contribution in [0.2, 0.25) is 0 Å². The van der Waals surface area contributed by atoms with Crippen LogP contribution in [-0.4, -0.2) is 52.6 Å². The highest BCUT2D eigenvalue weighted by Gasteiger charge is 2.38. The molecule has 0 radical (unpaired) electrons. The Labute approximate surface area is 136 Å². The zero-order valence-electron chi connectivity index (χ0n) is 13.4. The molecule has 1 atom stereocenters. The van der Waals surface area contributed by atoms with E-state index >= 15 is 0 Å². The number of ether oxygens (including phenoxy) is 3. The number of carbonyl (C=O) groups excluding carboxylic acids is 1. The second kappa shape index (κ2) is 7.18. The van der Waals surface area contributed by atoms with Gasteiger partial charge in [0, 0.05) is 12.6 Å². The number of sulfonamides is 1. The van der Waals surface area contributed by atoms with Gasteiger partial charge in [-0.05, 0) is 31.4 Å². The van der Waals surface area contributed by atoms with Crippen LogP contribution in [0.3, 0.4) is 0 Å². The fraction of sp³-hybridized carbons (Fsp3) is 0.533. The molecule has 1 unspecified atom stereocenters. The van der Waals surface area contributed by atoms with E-state index in [0.717, 1.165) is 6.42 Å². The van der Waals surface area contributed by atoms with Crippen LogP contribution in [0.25, 0.3) is 0 Å². The van der Waals surface area contributed by atoms with E-state index in [1.54, 1.807) is 0 Å². The third-order valence-corrected chi connectivity index (χ3v) is 5.79. The van der Waals surface area contributed by atoms with Gasteiger partial charge in [-0.15, -0.1) is 0 Å². The van der Waals surface area contributed by atoms with Gasteiger partial charge in [-0.1, -0.05) is 0 Å². The molecule has 0 bridgehead atoms. The van der Waals surface area contributed by atoms with Crippen molar-refractivity contribution in [3.05, 3.63) is 18.2 Å². The molecule has 2 rings (SSSR count). The zero-order chi connectivity index (χ0) is 17.0. The molecule has 0 saturated carbocycles. The van der Waals surface area contributed by atoms with Gasteiger partial charge in [0.25, 0.3) is 0 Å². The van der Waals surface area contributed by atoms with Crippen LogP contribution in [0, 0.1) is 0 Å². The van der Waals surface area contributed by atoms with E-state index in [9.17, 15) is 13.2 Å². The van der Waals surface area contributed by atoms with Crippen molar-refractivity contribution >= 4 is 16.0 Å². The molecule has 1 aliphatic rings. The monoisotopic (exact) mass is 343 g/mol. The molecule has 23 heavy (non-hydrogen) atoms. The van der Waals surface area contributed by atoms with E-state index in [4.69, 9.17) is 14.2 Å². The van der Waals surface area contributed by atoms with Gasteiger partial charge in [-0.3, -0.25) is 4.79 Å². The highest BCUT2D eigenvalue weighted by Crippen LogP contribution is 2.32. The highest BCUT2D eigenvalue weighted by atomic mass is 32.2. The first kappa shape index (κ1) is 17.6. The number of rotatable bonds is 5. The second-order valence-electron chi connectivity index (χ2n) is 5.17. The van der Waals surface area contributed by atoms with Crippen molar-refractivity contribution in [2.45, 2.75) is 30.2 Å². The summed E-state index contributed by atoms with van der Waals surface area (Å²) in [5.74, 6) is 0.226. The van der Waals surface area contributed by atoms with E-state index in [-0.39, 0.29) is 11.4 Å². The minimum absolute atomic E-state index is 0.0611. The summed E-state index contributed by atoms with van der Waals surface area (Å²) in [5.41, 5.74) is 0. The van der Waals surface area contributed by atoms with Crippen LogP contribution in [0.4, 0.5) is 0 Å². The second-order valence-corrected chi connectivity index (χ2v) is 7.06. The number of carbonyl (C=O) groups is 1. The van der Waals surface area contributed by atoms with Crippen molar-refractivity contribution in [2.24, 2.45) is 0 Å². The minimum atomic E-state index is -3.83. The Morgan fingerprint density at radius 2 is 1.83 bits per heavy atom. The van der Waals surface area contributed by atoms with Crippen LogP contribution in [0.1, 0.15) is 19.3 Å². The smallest absolute Gasteiger partial charge is 0.324 e. The molecule has 1 fully saturated rings. The quantitative estimate of drug-likeness (QED) is 0.752. The Kier molecular flexibility index (Phi) is 5.48. The average Bonchev–Trinajstić information content (AvgIpc) is 2.60. The zero-order valence-corrected chi connectivity index (χ0v) is 14.3. The predicted octanol–water partition coefficient (Wildman–Crippen LogP) is 1.42. The number of hydrogen-bond acceptors (Lipinski definition) is 6. The van der Waals surface area contributed by atoms with Gasteiger partial charge in [0.05, 0.1) is 26.2 Å². The number of nitrogens with zero attached hydrogens (tertiary/aromatic N) is 1. The van der Waals surface area contributed by atoms with Crippen LogP contribution < -0.4 is 9.47 Å². The summed E-state index contributed by atoms with van der Waals surface area (Å²) in [5, 5.41) is 0. The Hall–Kier alpha value is -1.80. The van der Waals surface area contributed by atoms with Crippen molar-refractivity contribution in [1.29, 1.82) is 0 Å². The molecule has 0 N–H and O–H groups in total. The summed E-state index contributed by atoms with van der Waals surface area (Å²) in [6.07, 6.45) is 1.96. The van der Waals surface area contributed by atoms with Crippen molar-refractivity contribution in [2.75, 3.05) is 27.9 Å². The molecular formula is C15H21NO6S. The van der Waals surface area contributed by atoms with E-state index in [0.29, 0.717) is 24.3 Å². The normalized spacial score (nSPS) is 19.2. The number of methoxy groups -OCH3 is 3. The highest BCUT2D eigenvalue weighted by molar-refractivity contribution is 7.89. The molecule has 0 spiro atoms. The third-order valence-electron chi connectivity index (χ3n) is 3.89. The van der Waals surface area contributed by atoms with Crippen LogP contribution in [0.5, 0.6) is 11.5 Å². The molecule has 0 aliphatic carbocycles. The van der Waals surface area contributed by atoms with Gasteiger partial charge in [0.1, 0.15) is 6.04 Å². The maximum absolute atomic E-state index is 12.9. The van der Waals surface area contributed by atoms with Gasteiger partial charge in [0.15, 0.2) is 11.5 Å². The number of piperidine rings is 1. The lowest BCUT2D eigenvalue weighted by Gasteiger charge is -2.32. The molecule has 1 heterocycles. The summed E-state index contributed by atoms with van der Waals surface area (Å²) in [6, 6.07) is 3.59. The summed E-state index contributed by atoms with van der Waals surface area (Å²) < 4.78 is 42.0. The summed E-state index contributed by atoms with van der Waals surface area (Å²) >= 11 is 0. The first-order valence-corrected chi connectivity index (χ1v) is 8.71. The van der Waals surface area contributed by atoms with E-state index in [1.807, 2.05) is 0 Å². The van der Waals surface area contributed by atoms with Crippen LogP contribution in [0.15, 0.2) is 23.1 Å². The summed E-state index contributed by atoms with van der Waals surface area (Å²) in [4.78, 5) is 12.0. The van der Waals surface area contributed by atoms with E-state index < -0.39 is 22.0 Å². The van der Waals surface area contributed by atoms with Crippen LogP contribution >= 0.6 is 0 Å². The van der Waals surface area contributed by atoms with E-state index in [2.05, 4.69) is 0 Å². The topological polar surface area (TPSA) is 82.1 Å². The molecule has 1 aromatic rings. The minimum Gasteiger partial charge on any atom is -0.493 e. The maximum Gasteiger partial charge on any atom is 0.324 e. The summed E-state index contributed by atoms with van der Waals surface area (Å²) in [6.45, 7) is 0.288. The van der Waals surface area contributed by atoms with Crippen molar-refractivity contribution < 1.29 is 27.4 Å². The number of hydrogen-bond donors (Lipinski definition) is 0. The Morgan fingerprint density at radius 1 is 1.13 bits per heavy atom. The van der Waals surface area contributed by atoms with Gasteiger partial charge < -0.3 is 14.2 Å². The molecule has 7 nitrogen and oxygen atoms in total. The fourth-order valence-corrected chi connectivity index (χ4v) is 4.34. The molecule has 0 amide bonds. The molecule has 1 aromatic carbocycles. The Bertz CT molecular complexity index is 673. The fourth-order valence-electron chi connectivity index (χ4n) is 2.68. The Balaban J connectivity index is 2.41. The van der Waals surface area contributed by atoms with Gasteiger partial charge in [0.2, 0.25) is 10.0 Å². The predicted molar refractivity (Wildman–Crippen MR) is 83.1 cm³/mol. The first-order chi connectivity index (χ1) is 11.0. The molecule has 1 saturated heterocycles. The number of esters is 1. The van der Waals surface area contributed by atoms with E-state index in [1.165, 1.54) is 43.8 Å². The lowest BCUT2D eigenvalue weighted by atomic mass is 10.1. The maximum atomic E-state index is 12.9. The SMILES string of the molecule is COC(=O)C1CCCCN1S(=O)(=O)c1ccc(OC)c(OC)c1. The molecular weight excluding hydrogens is 322 g/mol. The lowest BCUT2D eigenvalue weighted by molar-refractivity contribution is -0.146. The van der Waals surface area contributed by atoms with Crippen molar-refractivity contribution in [3.63, 3.8) is 0 Å². The van der Waals surface area contributed by atoms with Gasteiger partial charge >= 0.3 is 5.97 Å². The Morgan fingerprint density at radius 3 is 2.43 bits per heavy atom. The van der Waals surface area contributed by atoms with Crippen LogP contribution in [-0.2, 0) is 19.6 Å². The third kappa shape index (κ3) is 3.42. The van der Waals surface area contributed by atoms with Gasteiger partial charge in [-0.25, -0.2) is 8.42 Å². The molecule has 8 heteroatoms. The standard InChI is InChI=1S/C15H21NO6S/c1-20-13-8-7-11(10-14(13)21-2)23(18,19)16-9-5-4-6-12(16)15(17)22-3/h7-8,10,12H,4-6,9H2,1-3H3. The lowest BCUT2D eigenvalue weighted by Crippen LogP contribution is -2.48. The molecule has 128 valence electrons. The number of benzene rings is 1. The molecule has 0 aromatic heterocycles. The average molecular weight is 343 g/mol. The first-order valence-electron chi connectivity index (χ1n) is 7.27. The van der Waals surface area contributed by atoms with Crippen molar-refractivity contribution in [3.8, 4) is 11.5 Å². The summed E-state index contributed by atoms with van der Waals surface area (Å²) in [7, 11) is 0.348. The van der Waals surface area contributed by atoms with Crippen molar-refractivity contribution in [1.82, 2.24) is 4.31 Å².